The molecule has 1 fully saturated rings. The van der Waals surface area contributed by atoms with Crippen LogP contribution in [0.15, 0.2) is 84.8 Å². The van der Waals surface area contributed by atoms with Gasteiger partial charge in [0.2, 0.25) is 0 Å². The first-order chi connectivity index (χ1) is 19.6. The minimum absolute atomic E-state index is 0.326. The predicted molar refractivity (Wildman–Crippen MR) is 164 cm³/mol. The topological polar surface area (TPSA) is 59.9 Å². The lowest BCUT2D eigenvalue weighted by molar-refractivity contribution is 0.173. The summed E-state index contributed by atoms with van der Waals surface area (Å²) < 4.78 is 6.36. The van der Waals surface area contributed by atoms with Gasteiger partial charge in [-0.05, 0) is 112 Å². The van der Waals surface area contributed by atoms with E-state index in [2.05, 4.69) is 80.0 Å². The summed E-state index contributed by atoms with van der Waals surface area (Å²) in [6.45, 7) is 6.33. The summed E-state index contributed by atoms with van der Waals surface area (Å²) in [6.07, 6.45) is 15.0. The van der Waals surface area contributed by atoms with E-state index in [-0.39, 0.29) is 0 Å². The average Bonchev–Trinajstić information content (AvgIpc) is 3.50. The van der Waals surface area contributed by atoms with Gasteiger partial charge >= 0.3 is 0 Å². The molecule has 3 aromatic heterocycles. The highest BCUT2D eigenvalue weighted by molar-refractivity contribution is 5.95. The van der Waals surface area contributed by atoms with Crippen LogP contribution in [0, 0.1) is 6.92 Å². The number of hydrogen-bond donors (Lipinski definition) is 1. The van der Waals surface area contributed by atoms with Gasteiger partial charge in [-0.15, -0.1) is 0 Å². The fraction of sp³-hybridized carbons (Fsp3) is 0.286. The van der Waals surface area contributed by atoms with E-state index in [9.17, 15) is 0 Å². The van der Waals surface area contributed by atoms with Crippen LogP contribution >= 0.6 is 0 Å². The third kappa shape index (κ3) is 5.55. The maximum Gasteiger partial charge on any atom is 0.124 e. The average molecular weight is 529 g/mol. The number of rotatable bonds is 7. The first-order valence-corrected chi connectivity index (χ1v) is 14.4. The number of allylic oxidation sites excluding steroid dienone is 3. The molecule has 0 spiro atoms. The molecule has 5 nitrogen and oxygen atoms in total. The van der Waals surface area contributed by atoms with Crippen molar-refractivity contribution in [2.24, 2.45) is 0 Å². The molecule has 2 aliphatic rings. The van der Waals surface area contributed by atoms with Crippen molar-refractivity contribution < 1.29 is 4.74 Å². The number of dihydropyridines is 1. The molecule has 0 saturated heterocycles. The first kappa shape index (κ1) is 26.0. The van der Waals surface area contributed by atoms with Gasteiger partial charge < -0.3 is 10.1 Å². The molecule has 40 heavy (non-hydrogen) atoms. The largest absolute Gasteiger partial charge is 0.490 e. The highest BCUT2D eigenvalue weighted by atomic mass is 16.5. The van der Waals surface area contributed by atoms with Gasteiger partial charge in [-0.2, -0.15) is 0 Å². The van der Waals surface area contributed by atoms with Crippen molar-refractivity contribution >= 4 is 27.9 Å². The second kappa shape index (κ2) is 11.5. The predicted octanol–water partition coefficient (Wildman–Crippen LogP) is 8.48. The van der Waals surface area contributed by atoms with Crippen LogP contribution in [0.4, 0.5) is 0 Å². The van der Waals surface area contributed by atoms with Crippen molar-refractivity contribution in [1.82, 2.24) is 20.3 Å². The van der Waals surface area contributed by atoms with Crippen molar-refractivity contribution in [3.8, 4) is 11.3 Å². The van der Waals surface area contributed by atoms with Gasteiger partial charge in [0.25, 0.3) is 0 Å². The Kier molecular flexibility index (Phi) is 7.45. The maximum atomic E-state index is 6.36. The van der Waals surface area contributed by atoms with Gasteiger partial charge in [0.15, 0.2) is 0 Å². The molecular weight excluding hydrogens is 492 g/mol. The number of hydrogen-bond acceptors (Lipinski definition) is 5. The van der Waals surface area contributed by atoms with Crippen LogP contribution in [-0.4, -0.2) is 21.1 Å². The van der Waals surface area contributed by atoms with Crippen LogP contribution in [0.5, 0.6) is 0 Å². The molecule has 6 rings (SSSR count). The Balaban J connectivity index is 1.32. The molecule has 5 heteroatoms. The van der Waals surface area contributed by atoms with Gasteiger partial charge in [-0.3, -0.25) is 15.0 Å². The number of aryl methyl sites for hydroxylation is 1. The van der Waals surface area contributed by atoms with E-state index >= 15 is 0 Å². The van der Waals surface area contributed by atoms with E-state index < -0.39 is 0 Å². The molecule has 1 aromatic carbocycles. The van der Waals surface area contributed by atoms with E-state index in [4.69, 9.17) is 19.7 Å². The molecule has 1 aliphatic carbocycles. The summed E-state index contributed by atoms with van der Waals surface area (Å²) >= 11 is 0. The van der Waals surface area contributed by atoms with Crippen molar-refractivity contribution in [1.29, 1.82) is 0 Å². The van der Waals surface area contributed by atoms with Crippen LogP contribution < -0.4 is 5.32 Å². The van der Waals surface area contributed by atoms with Crippen LogP contribution in [-0.2, 0) is 4.74 Å². The maximum absolute atomic E-state index is 6.36. The highest BCUT2D eigenvalue weighted by Gasteiger charge is 2.19. The molecule has 1 aliphatic heterocycles. The van der Waals surface area contributed by atoms with Crippen molar-refractivity contribution in [3.63, 3.8) is 0 Å². The zero-order valence-corrected chi connectivity index (χ0v) is 23.6. The van der Waals surface area contributed by atoms with Crippen LogP contribution in [0.3, 0.4) is 0 Å². The minimum Gasteiger partial charge on any atom is -0.490 e. The second-order valence-electron chi connectivity index (χ2n) is 10.9. The Morgan fingerprint density at radius 2 is 1.80 bits per heavy atom. The molecule has 0 unspecified atom stereocenters. The number of benzene rings is 1. The van der Waals surface area contributed by atoms with Crippen molar-refractivity contribution in [2.75, 3.05) is 0 Å². The molecule has 0 bridgehead atoms. The standard InChI is InChI=1S/C35H36N4O/c1-4-8-34(40-29-10-5-6-11-29)26-14-16-32(36-21-26)28-19-27-18-25(13-15-31(27)37-22-28)30-17-23(2)20-38-35(30)33-12-7-9-24(3)39-33/h7-9,12-16,18-22,29,38H,4-6,10-11,17H2,1-3H3/b34-8-. The zero-order valence-electron chi connectivity index (χ0n) is 23.6. The molecule has 4 aromatic rings. The molecule has 0 amide bonds. The summed E-state index contributed by atoms with van der Waals surface area (Å²) in [5, 5.41) is 4.60. The lowest BCUT2D eigenvalue weighted by atomic mass is 9.92. The van der Waals surface area contributed by atoms with E-state index in [1.807, 2.05) is 25.4 Å². The monoisotopic (exact) mass is 528 g/mol. The third-order valence-corrected chi connectivity index (χ3v) is 7.72. The molecule has 1 N–H and O–H groups in total. The number of nitrogens with zero attached hydrogens (tertiary/aromatic N) is 3. The SMILES string of the molecule is CC/C=C(\OC1CCCC1)c1ccc(-c2cnc3ccc(C4=C(c5cccc(C)n5)NC=C(C)C4)cc3c2)nc1. The summed E-state index contributed by atoms with van der Waals surface area (Å²) in [6, 6.07) is 19.1. The summed E-state index contributed by atoms with van der Waals surface area (Å²) in [7, 11) is 0. The van der Waals surface area contributed by atoms with Crippen LogP contribution in [0.25, 0.3) is 39.2 Å². The smallest absolute Gasteiger partial charge is 0.124 e. The Bertz CT molecular complexity index is 1630. The molecule has 0 radical (unpaired) electrons. The number of fused-ring (bicyclic) bond motifs is 1. The summed E-state index contributed by atoms with van der Waals surface area (Å²) in [5.41, 5.74) is 10.6. The lowest BCUT2D eigenvalue weighted by Gasteiger charge is -2.21. The fourth-order valence-corrected chi connectivity index (χ4v) is 5.63. The number of ether oxygens (including phenoxy) is 1. The molecular formula is C35H36N4O. The fourth-order valence-electron chi connectivity index (χ4n) is 5.63. The Labute approximate surface area is 236 Å². The number of nitrogens with one attached hydrogen (secondary N) is 1. The van der Waals surface area contributed by atoms with Gasteiger partial charge in [0, 0.05) is 40.8 Å². The molecule has 1 saturated carbocycles. The van der Waals surface area contributed by atoms with Gasteiger partial charge in [0.1, 0.15) is 5.76 Å². The first-order valence-electron chi connectivity index (χ1n) is 14.4. The van der Waals surface area contributed by atoms with Crippen molar-refractivity contribution in [2.45, 2.75) is 65.4 Å². The van der Waals surface area contributed by atoms with Gasteiger partial charge in [-0.1, -0.05) is 24.6 Å². The van der Waals surface area contributed by atoms with Gasteiger partial charge in [-0.25, -0.2) is 0 Å². The summed E-state index contributed by atoms with van der Waals surface area (Å²) in [5.74, 6) is 0.951. The molecule has 4 heterocycles. The Hall–Kier alpha value is -4.25. The van der Waals surface area contributed by atoms with Gasteiger partial charge in [0.05, 0.1) is 28.7 Å². The van der Waals surface area contributed by atoms with Crippen LogP contribution in [0.1, 0.15) is 74.9 Å². The Morgan fingerprint density at radius 3 is 2.58 bits per heavy atom. The van der Waals surface area contributed by atoms with Crippen molar-refractivity contribution in [3.05, 3.63) is 107 Å². The number of pyridine rings is 3. The molecule has 0 atom stereocenters. The Morgan fingerprint density at radius 1 is 0.950 bits per heavy atom. The summed E-state index contributed by atoms with van der Waals surface area (Å²) in [4.78, 5) is 14.4. The van der Waals surface area contributed by atoms with E-state index in [1.165, 1.54) is 29.6 Å². The quantitative estimate of drug-likeness (QED) is 0.244. The van der Waals surface area contributed by atoms with E-state index in [0.717, 1.165) is 76.3 Å². The zero-order chi connectivity index (χ0) is 27.5. The van der Waals surface area contributed by atoms with Crippen LogP contribution in [0.2, 0.25) is 0 Å². The third-order valence-electron chi connectivity index (χ3n) is 7.72. The van der Waals surface area contributed by atoms with E-state index in [1.54, 1.807) is 0 Å². The lowest BCUT2D eigenvalue weighted by Crippen LogP contribution is -2.14. The normalized spacial score (nSPS) is 16.3. The minimum atomic E-state index is 0.326. The van der Waals surface area contributed by atoms with E-state index in [0.29, 0.717) is 6.10 Å². The highest BCUT2D eigenvalue weighted by Crippen LogP contribution is 2.34. The molecule has 202 valence electrons. The second-order valence-corrected chi connectivity index (χ2v) is 10.9. The number of aromatic nitrogens is 3.